The van der Waals surface area contributed by atoms with Crippen LogP contribution in [0, 0.1) is 11.8 Å². The number of likely N-dealkylation sites (tertiary alicyclic amines) is 1. The number of rotatable bonds is 6. The second-order valence-electron chi connectivity index (χ2n) is 9.27. The van der Waals surface area contributed by atoms with Gasteiger partial charge in [0.2, 0.25) is 11.8 Å². The average Bonchev–Trinajstić information content (AvgIpc) is 2.77. The topological polar surface area (TPSA) is 95.9 Å². The molecule has 1 aliphatic carbocycles. The Morgan fingerprint density at radius 1 is 1.28 bits per heavy atom. The van der Waals surface area contributed by atoms with Crippen LogP contribution in [0.15, 0.2) is 18.2 Å². The van der Waals surface area contributed by atoms with Crippen LogP contribution >= 0.6 is 11.6 Å². The van der Waals surface area contributed by atoms with Gasteiger partial charge < -0.3 is 20.1 Å². The molecule has 0 bridgehead atoms. The van der Waals surface area contributed by atoms with E-state index in [0.717, 1.165) is 6.42 Å². The minimum absolute atomic E-state index is 0.0907. The maximum Gasteiger partial charge on any atom is 0.245 e. The Kier molecular flexibility index (Phi) is 7.83. The Balaban J connectivity index is 1.64. The van der Waals surface area contributed by atoms with Gasteiger partial charge in [0.05, 0.1) is 17.7 Å². The van der Waals surface area contributed by atoms with Crippen molar-refractivity contribution in [2.75, 3.05) is 20.2 Å². The highest BCUT2D eigenvalue weighted by molar-refractivity contribution is 6.32. The highest BCUT2D eigenvalue weighted by Crippen LogP contribution is 2.37. The van der Waals surface area contributed by atoms with Gasteiger partial charge in [0.15, 0.2) is 0 Å². The van der Waals surface area contributed by atoms with E-state index in [-0.39, 0.29) is 35.9 Å². The van der Waals surface area contributed by atoms with Gasteiger partial charge in [0.25, 0.3) is 0 Å². The molecule has 32 heavy (non-hydrogen) atoms. The van der Waals surface area contributed by atoms with Gasteiger partial charge in [0, 0.05) is 31.8 Å². The number of benzene rings is 1. The van der Waals surface area contributed by atoms with Gasteiger partial charge >= 0.3 is 0 Å². The van der Waals surface area contributed by atoms with Crippen molar-refractivity contribution in [1.29, 1.82) is 0 Å². The minimum atomic E-state index is -1.08. The number of carbonyl (C=O) groups excluding carboxylic acids is 3. The van der Waals surface area contributed by atoms with E-state index >= 15 is 0 Å². The second kappa shape index (κ2) is 10.2. The number of amides is 2. The van der Waals surface area contributed by atoms with Crippen LogP contribution < -0.4 is 10.1 Å². The molecule has 0 aromatic heterocycles. The predicted octanol–water partition coefficient (Wildman–Crippen LogP) is 3.06. The summed E-state index contributed by atoms with van der Waals surface area (Å²) in [5, 5.41) is 14.6. The largest absolute Gasteiger partial charge is 0.495 e. The first-order valence-electron chi connectivity index (χ1n) is 11.3. The standard InChI is InChI=1S/C24H33ClN2O5/c1-15(2)21(26-22(29)16-5-4-6-18(28)13-16)23(30)27-11-9-24(31,10-12-27)17-7-8-19(25)20(14-17)32-3/h7-8,14-16,21,31H,4-6,9-13H2,1-3H3,(H,26,29)/t16?,21-/m1/s1. The minimum Gasteiger partial charge on any atom is -0.495 e. The number of nitrogens with one attached hydrogen (secondary N) is 1. The SMILES string of the molecule is COc1cc(C2(O)CCN(C(=O)[C@H](NC(=O)C3CCCC(=O)C3)C(C)C)CC2)ccc1Cl. The summed E-state index contributed by atoms with van der Waals surface area (Å²) in [7, 11) is 1.53. The number of ketones is 1. The van der Waals surface area contributed by atoms with E-state index < -0.39 is 11.6 Å². The summed E-state index contributed by atoms with van der Waals surface area (Å²) >= 11 is 6.10. The van der Waals surface area contributed by atoms with E-state index in [1.54, 1.807) is 23.1 Å². The quantitative estimate of drug-likeness (QED) is 0.674. The molecule has 0 radical (unpaired) electrons. The van der Waals surface area contributed by atoms with Crippen LogP contribution in [-0.2, 0) is 20.0 Å². The number of aliphatic hydroxyl groups is 1. The number of methoxy groups -OCH3 is 1. The van der Waals surface area contributed by atoms with Crippen molar-refractivity contribution < 1.29 is 24.2 Å². The molecule has 176 valence electrons. The Hall–Kier alpha value is -2.12. The van der Waals surface area contributed by atoms with Gasteiger partial charge in [-0.05, 0) is 49.3 Å². The molecule has 8 heteroatoms. The lowest BCUT2D eigenvalue weighted by Crippen LogP contribution is -2.55. The zero-order valence-electron chi connectivity index (χ0n) is 19.0. The number of ether oxygens (including phenoxy) is 1. The number of halogens is 1. The van der Waals surface area contributed by atoms with Crippen LogP contribution in [0.25, 0.3) is 0 Å². The molecular weight excluding hydrogens is 432 g/mol. The smallest absolute Gasteiger partial charge is 0.245 e. The summed E-state index contributed by atoms with van der Waals surface area (Å²) in [6, 6.07) is 4.57. The molecular formula is C24H33ClN2O5. The molecule has 1 aliphatic heterocycles. The maximum atomic E-state index is 13.2. The first-order valence-corrected chi connectivity index (χ1v) is 11.7. The van der Waals surface area contributed by atoms with E-state index in [4.69, 9.17) is 16.3 Å². The Morgan fingerprint density at radius 3 is 2.56 bits per heavy atom. The molecule has 1 heterocycles. The molecule has 1 saturated heterocycles. The van der Waals surface area contributed by atoms with Crippen molar-refractivity contribution in [3.8, 4) is 5.75 Å². The number of hydrogen-bond acceptors (Lipinski definition) is 5. The van der Waals surface area contributed by atoms with Crippen molar-refractivity contribution in [3.63, 3.8) is 0 Å². The third-order valence-corrected chi connectivity index (χ3v) is 6.99. The summed E-state index contributed by atoms with van der Waals surface area (Å²) in [5.41, 5.74) is -0.366. The first kappa shape index (κ1) is 24.5. The lowest BCUT2D eigenvalue weighted by Gasteiger charge is -2.40. The predicted molar refractivity (Wildman–Crippen MR) is 121 cm³/mol. The van der Waals surface area contributed by atoms with Crippen molar-refractivity contribution in [2.45, 2.75) is 64.0 Å². The monoisotopic (exact) mass is 464 g/mol. The molecule has 1 aromatic rings. The third kappa shape index (κ3) is 5.44. The summed E-state index contributed by atoms with van der Waals surface area (Å²) in [4.78, 5) is 39.4. The van der Waals surface area contributed by atoms with E-state index in [1.165, 1.54) is 7.11 Å². The van der Waals surface area contributed by atoms with Crippen LogP contribution in [-0.4, -0.2) is 53.8 Å². The number of Topliss-reactive ketones (excluding diaryl/α,β-unsaturated/α-hetero) is 1. The van der Waals surface area contributed by atoms with Crippen LogP contribution in [0.2, 0.25) is 5.02 Å². The number of nitrogens with zero attached hydrogens (tertiary/aromatic N) is 1. The number of piperidine rings is 1. The second-order valence-corrected chi connectivity index (χ2v) is 9.68. The molecule has 0 spiro atoms. The molecule has 2 fully saturated rings. The van der Waals surface area contributed by atoms with Crippen LogP contribution in [0.1, 0.15) is 57.9 Å². The van der Waals surface area contributed by atoms with Crippen LogP contribution in [0.4, 0.5) is 0 Å². The maximum absolute atomic E-state index is 13.2. The van der Waals surface area contributed by atoms with Crippen molar-refractivity contribution in [1.82, 2.24) is 10.2 Å². The summed E-state index contributed by atoms with van der Waals surface area (Å²) < 4.78 is 5.26. The molecule has 2 atom stereocenters. The Bertz CT molecular complexity index is 864. The van der Waals surface area contributed by atoms with Crippen molar-refractivity contribution in [3.05, 3.63) is 28.8 Å². The Morgan fingerprint density at radius 2 is 1.97 bits per heavy atom. The Labute approximate surface area is 194 Å². The van der Waals surface area contributed by atoms with Gasteiger partial charge in [-0.1, -0.05) is 31.5 Å². The summed E-state index contributed by atoms with van der Waals surface area (Å²) in [5.74, 6) is -0.195. The molecule has 3 rings (SSSR count). The first-order chi connectivity index (χ1) is 15.1. The van der Waals surface area contributed by atoms with E-state index in [0.29, 0.717) is 55.1 Å². The zero-order chi connectivity index (χ0) is 23.5. The molecule has 2 aliphatic rings. The molecule has 1 aromatic carbocycles. The molecule has 7 nitrogen and oxygen atoms in total. The van der Waals surface area contributed by atoms with Crippen LogP contribution in [0.3, 0.4) is 0 Å². The third-order valence-electron chi connectivity index (χ3n) is 6.67. The fraction of sp³-hybridized carbons (Fsp3) is 0.625. The number of hydrogen-bond donors (Lipinski definition) is 2. The average molecular weight is 465 g/mol. The van der Waals surface area contributed by atoms with Gasteiger partial charge in [-0.15, -0.1) is 0 Å². The van der Waals surface area contributed by atoms with E-state index in [2.05, 4.69) is 5.32 Å². The van der Waals surface area contributed by atoms with Crippen molar-refractivity contribution >= 4 is 29.2 Å². The van der Waals surface area contributed by atoms with Gasteiger partial charge in [-0.25, -0.2) is 0 Å². The highest BCUT2D eigenvalue weighted by atomic mass is 35.5. The van der Waals surface area contributed by atoms with E-state index in [1.807, 2.05) is 13.8 Å². The number of carbonyl (C=O) groups is 3. The summed E-state index contributed by atoms with van der Waals surface area (Å²) in [6.07, 6.45) is 2.94. The zero-order valence-corrected chi connectivity index (χ0v) is 19.8. The molecule has 1 unspecified atom stereocenters. The van der Waals surface area contributed by atoms with Crippen molar-refractivity contribution in [2.24, 2.45) is 11.8 Å². The summed E-state index contributed by atoms with van der Waals surface area (Å²) in [6.45, 7) is 4.55. The van der Waals surface area contributed by atoms with Gasteiger partial charge in [0.1, 0.15) is 17.6 Å². The molecule has 2 N–H and O–H groups in total. The lowest BCUT2D eigenvalue weighted by molar-refractivity contribution is -0.142. The van der Waals surface area contributed by atoms with E-state index in [9.17, 15) is 19.5 Å². The van der Waals surface area contributed by atoms with Gasteiger partial charge in [-0.2, -0.15) is 0 Å². The lowest BCUT2D eigenvalue weighted by atomic mass is 9.84. The fourth-order valence-corrected chi connectivity index (χ4v) is 4.76. The fourth-order valence-electron chi connectivity index (χ4n) is 4.56. The van der Waals surface area contributed by atoms with Crippen LogP contribution in [0.5, 0.6) is 5.75 Å². The molecule has 2 amide bonds. The molecule has 1 saturated carbocycles. The normalized spacial score (nSPS) is 21.9. The van der Waals surface area contributed by atoms with Gasteiger partial charge in [-0.3, -0.25) is 14.4 Å². The highest BCUT2D eigenvalue weighted by Gasteiger charge is 2.39.